The highest BCUT2D eigenvalue weighted by molar-refractivity contribution is 7.58. The largest absolute Gasteiger partial charge is 0.435 e. The average molecular weight is 743 g/mol. The van der Waals surface area contributed by atoms with Gasteiger partial charge < -0.3 is 18.1 Å². The van der Waals surface area contributed by atoms with E-state index >= 15 is 0 Å². The molecule has 0 spiro atoms. The fourth-order valence-electron chi connectivity index (χ4n) is 6.58. The van der Waals surface area contributed by atoms with Gasteiger partial charge in [0.25, 0.3) is 0 Å². The second kappa shape index (κ2) is 15.7. The summed E-state index contributed by atoms with van der Waals surface area (Å²) in [6.45, 7) is 8.28. The molecule has 0 aliphatic carbocycles. The van der Waals surface area contributed by atoms with E-state index in [9.17, 15) is 0 Å². The number of hydrogen-bond donors (Lipinski definition) is 0. The molecule has 4 nitrogen and oxygen atoms in total. The van der Waals surface area contributed by atoms with Crippen LogP contribution in [0.25, 0.3) is 32.7 Å². The van der Waals surface area contributed by atoms with Crippen LogP contribution in [0.15, 0.2) is 170 Å². The molecule has 0 saturated carbocycles. The second-order valence-corrected chi connectivity index (χ2v) is 16.0. The van der Waals surface area contributed by atoms with E-state index in [1.165, 1.54) is 0 Å². The Labute approximate surface area is 319 Å². The predicted octanol–water partition coefficient (Wildman–Crippen LogP) is 13.1. The molecule has 0 aliphatic rings. The second-order valence-electron chi connectivity index (χ2n) is 13.3. The van der Waals surface area contributed by atoms with Crippen molar-refractivity contribution in [2.75, 3.05) is 0 Å². The van der Waals surface area contributed by atoms with Crippen LogP contribution < -0.4 is 28.7 Å². The lowest BCUT2D eigenvalue weighted by molar-refractivity contribution is 0.497. The Kier molecular flexibility index (Phi) is 10.3. The van der Waals surface area contributed by atoms with E-state index in [0.29, 0.717) is 0 Å². The summed E-state index contributed by atoms with van der Waals surface area (Å²) in [5, 5.41) is 6.30. The van der Waals surface area contributed by atoms with Gasteiger partial charge in [0.05, 0.1) is 10.6 Å². The quantitative estimate of drug-likeness (QED) is 0.124. The van der Waals surface area contributed by atoms with Crippen LogP contribution in [0.4, 0.5) is 0 Å². The molecule has 0 aliphatic heterocycles. The fourth-order valence-corrected chi connectivity index (χ4v) is 9.80. The van der Waals surface area contributed by atoms with Crippen molar-refractivity contribution >= 4 is 48.9 Å². The molecule has 0 saturated heterocycles. The molecule has 8 rings (SSSR count). The molecule has 0 bridgehead atoms. The smallest absolute Gasteiger partial charge is 0.326 e. The molecule has 6 heteroatoms. The zero-order valence-electron chi connectivity index (χ0n) is 30.7. The molecule has 0 aromatic heterocycles. The van der Waals surface area contributed by atoms with Gasteiger partial charge in [0.1, 0.15) is 23.0 Å². The van der Waals surface area contributed by atoms with Gasteiger partial charge in [0.2, 0.25) is 0 Å². The van der Waals surface area contributed by atoms with Gasteiger partial charge in [-0.2, -0.15) is 0 Å². The maximum absolute atomic E-state index is 7.02. The standard InChI is InChI=1S/C48H40O4P2/c1-33-17-5-13-25-41(33)49-53(50-42-26-14-6-18-34(42)2)45-31-29-37-21-9-11-23-39(37)47(45)48-40-24-12-10-22-38(40)30-32-46(48)54(51-43-27-15-7-19-35(43)3)52-44-28-16-8-20-36(44)4/h5-32H,1-4H3. The van der Waals surface area contributed by atoms with Crippen LogP contribution in [0.2, 0.25) is 0 Å². The Bertz CT molecular complexity index is 2330. The Balaban J connectivity index is 1.42. The summed E-state index contributed by atoms with van der Waals surface area (Å²) in [4.78, 5) is 0. The van der Waals surface area contributed by atoms with Gasteiger partial charge in [-0.25, -0.2) is 0 Å². The van der Waals surface area contributed by atoms with Crippen LogP contribution in [0.1, 0.15) is 22.3 Å². The van der Waals surface area contributed by atoms with Crippen LogP contribution in [0, 0.1) is 27.7 Å². The topological polar surface area (TPSA) is 36.9 Å². The highest BCUT2D eigenvalue weighted by Gasteiger charge is 2.31. The van der Waals surface area contributed by atoms with E-state index in [4.69, 9.17) is 18.1 Å². The summed E-state index contributed by atoms with van der Waals surface area (Å²) in [5.74, 6) is 3.12. The molecule has 0 heterocycles. The first-order valence-corrected chi connectivity index (χ1v) is 20.4. The summed E-state index contributed by atoms with van der Waals surface area (Å²) in [6, 6.07) is 58.3. The van der Waals surface area contributed by atoms with Crippen LogP contribution in [0.5, 0.6) is 23.0 Å². The molecular formula is C48H40O4P2. The van der Waals surface area contributed by atoms with E-state index in [2.05, 4.69) is 125 Å². The average Bonchev–Trinajstić information content (AvgIpc) is 3.20. The maximum atomic E-state index is 7.02. The first kappa shape index (κ1) is 35.4. The fraction of sp³-hybridized carbons (Fsp3) is 0.0833. The number of hydrogen-bond acceptors (Lipinski definition) is 4. The first-order valence-electron chi connectivity index (χ1n) is 18.0. The lowest BCUT2D eigenvalue weighted by atomic mass is 9.94. The molecule has 0 fully saturated rings. The number of rotatable bonds is 11. The Morgan fingerprint density at radius 3 is 0.889 bits per heavy atom. The summed E-state index contributed by atoms with van der Waals surface area (Å²) in [6.07, 6.45) is 0. The van der Waals surface area contributed by atoms with Crippen molar-refractivity contribution in [2.24, 2.45) is 0 Å². The van der Waals surface area contributed by atoms with E-state index in [0.717, 1.165) is 88.5 Å². The van der Waals surface area contributed by atoms with Gasteiger partial charge in [-0.05, 0) is 108 Å². The third-order valence-corrected chi connectivity index (χ3v) is 12.5. The van der Waals surface area contributed by atoms with Crippen molar-refractivity contribution < 1.29 is 18.1 Å². The third kappa shape index (κ3) is 7.29. The molecule has 8 aromatic carbocycles. The summed E-state index contributed by atoms with van der Waals surface area (Å²) in [7, 11) is -3.45. The van der Waals surface area contributed by atoms with Gasteiger partial charge in [-0.15, -0.1) is 0 Å². The van der Waals surface area contributed by atoms with Crippen LogP contribution in [-0.4, -0.2) is 0 Å². The number of benzene rings is 8. The van der Waals surface area contributed by atoms with Crippen molar-refractivity contribution in [3.8, 4) is 34.1 Å². The predicted molar refractivity (Wildman–Crippen MR) is 227 cm³/mol. The van der Waals surface area contributed by atoms with Gasteiger partial charge in [-0.1, -0.05) is 133 Å². The molecule has 54 heavy (non-hydrogen) atoms. The summed E-state index contributed by atoms with van der Waals surface area (Å²) < 4.78 is 28.1. The van der Waals surface area contributed by atoms with Crippen LogP contribution >= 0.6 is 16.8 Å². The van der Waals surface area contributed by atoms with Crippen molar-refractivity contribution in [3.63, 3.8) is 0 Å². The molecule has 266 valence electrons. The molecule has 0 atom stereocenters. The van der Waals surface area contributed by atoms with Crippen molar-refractivity contribution in [3.05, 3.63) is 192 Å². The lowest BCUT2D eigenvalue weighted by Gasteiger charge is -2.27. The minimum Gasteiger partial charge on any atom is -0.435 e. The van der Waals surface area contributed by atoms with E-state index in [1.807, 2.05) is 72.8 Å². The number of para-hydroxylation sites is 4. The van der Waals surface area contributed by atoms with Crippen molar-refractivity contribution in [1.82, 2.24) is 0 Å². The molecule has 0 amide bonds. The van der Waals surface area contributed by atoms with E-state index in [-0.39, 0.29) is 0 Å². The molecule has 0 N–H and O–H groups in total. The normalized spacial score (nSPS) is 11.3. The highest BCUT2D eigenvalue weighted by atomic mass is 31.2. The SMILES string of the molecule is Cc1ccccc1OP(Oc1ccccc1C)c1ccc2ccccc2c1-c1c(P(Oc2ccccc2C)Oc2ccccc2C)ccc2ccccc12. The minimum atomic E-state index is -1.73. The van der Waals surface area contributed by atoms with Crippen LogP contribution in [0.3, 0.4) is 0 Å². The molecule has 0 unspecified atom stereocenters. The van der Waals surface area contributed by atoms with E-state index in [1.54, 1.807) is 0 Å². The molecular weight excluding hydrogens is 702 g/mol. The van der Waals surface area contributed by atoms with Crippen LogP contribution in [-0.2, 0) is 0 Å². The summed E-state index contributed by atoms with van der Waals surface area (Å²) in [5.41, 5.74) is 6.20. The number of aryl methyl sites for hydroxylation is 4. The third-order valence-electron chi connectivity index (χ3n) is 9.56. The zero-order chi connectivity index (χ0) is 37.0. The van der Waals surface area contributed by atoms with Gasteiger partial charge >= 0.3 is 16.8 Å². The Morgan fingerprint density at radius 1 is 0.296 bits per heavy atom. The Morgan fingerprint density at radius 2 is 0.574 bits per heavy atom. The van der Waals surface area contributed by atoms with Gasteiger partial charge in [0, 0.05) is 11.1 Å². The van der Waals surface area contributed by atoms with Gasteiger partial charge in [-0.3, -0.25) is 0 Å². The first-order chi connectivity index (χ1) is 26.4. The van der Waals surface area contributed by atoms with E-state index < -0.39 is 16.8 Å². The Hall–Kier alpha value is -5.66. The monoisotopic (exact) mass is 742 g/mol. The lowest BCUT2D eigenvalue weighted by Crippen LogP contribution is -2.19. The molecule has 8 aromatic rings. The van der Waals surface area contributed by atoms with Gasteiger partial charge in [0.15, 0.2) is 0 Å². The highest BCUT2D eigenvalue weighted by Crippen LogP contribution is 2.50. The molecule has 0 radical (unpaired) electrons. The van der Waals surface area contributed by atoms with Crippen molar-refractivity contribution in [1.29, 1.82) is 0 Å². The van der Waals surface area contributed by atoms with Crippen molar-refractivity contribution in [2.45, 2.75) is 27.7 Å². The minimum absolute atomic E-state index is 0.780. The summed E-state index contributed by atoms with van der Waals surface area (Å²) >= 11 is 0. The number of fused-ring (bicyclic) bond motifs is 2. The zero-order valence-corrected chi connectivity index (χ0v) is 32.5. The maximum Gasteiger partial charge on any atom is 0.326 e.